The lowest BCUT2D eigenvalue weighted by molar-refractivity contribution is 0.660. The van der Waals surface area contributed by atoms with Crippen molar-refractivity contribution < 1.29 is 4.42 Å². The van der Waals surface area contributed by atoms with Crippen molar-refractivity contribution in [1.82, 2.24) is 0 Å². The van der Waals surface area contributed by atoms with Crippen LogP contribution in [0.3, 0.4) is 0 Å². The van der Waals surface area contributed by atoms with Crippen LogP contribution in [0, 0.1) is 0 Å². The molecular weight excluding hydrogens is 691 g/mol. The van der Waals surface area contributed by atoms with Gasteiger partial charge in [-0.2, -0.15) is 0 Å². The average Bonchev–Trinajstić information content (AvgIpc) is 3.77. The predicted molar refractivity (Wildman–Crippen MR) is 240 cm³/mol. The second-order valence-electron chi connectivity index (χ2n) is 15.7. The lowest BCUT2D eigenvalue weighted by Crippen LogP contribution is -2.16. The Balaban J connectivity index is 1.06. The van der Waals surface area contributed by atoms with E-state index in [1.165, 1.54) is 49.7 Å². The van der Waals surface area contributed by atoms with Gasteiger partial charge >= 0.3 is 0 Å². The summed E-state index contributed by atoms with van der Waals surface area (Å²) in [6, 6.07) is 72.5. The Morgan fingerprint density at radius 2 is 1.00 bits per heavy atom. The summed E-state index contributed by atoms with van der Waals surface area (Å²) in [5.41, 5.74) is 17.4. The van der Waals surface area contributed by atoms with E-state index >= 15 is 0 Å². The first-order valence-electron chi connectivity index (χ1n) is 19.8. The third kappa shape index (κ3) is 5.33. The van der Waals surface area contributed by atoms with Crippen molar-refractivity contribution in [2.24, 2.45) is 0 Å². The second kappa shape index (κ2) is 13.0. The summed E-state index contributed by atoms with van der Waals surface area (Å²) in [5.74, 6) is 0. The number of para-hydroxylation sites is 1. The Hall–Kier alpha value is -7.16. The summed E-state index contributed by atoms with van der Waals surface area (Å²) in [7, 11) is 0. The molecule has 11 rings (SSSR count). The molecule has 0 aliphatic heterocycles. The number of hydrogen-bond donors (Lipinski definition) is 0. The van der Waals surface area contributed by atoms with E-state index in [9.17, 15) is 0 Å². The molecule has 1 heterocycles. The third-order valence-electron chi connectivity index (χ3n) is 12.1. The lowest BCUT2D eigenvalue weighted by Gasteiger charge is -2.28. The van der Waals surface area contributed by atoms with Gasteiger partial charge in [-0.15, -0.1) is 0 Å². The van der Waals surface area contributed by atoms with Crippen molar-refractivity contribution in [3.8, 4) is 44.5 Å². The largest absolute Gasteiger partial charge is 0.455 e. The third-order valence-corrected chi connectivity index (χ3v) is 12.1. The molecule has 1 aliphatic rings. The van der Waals surface area contributed by atoms with Crippen LogP contribution in [0.4, 0.5) is 17.1 Å². The molecule has 0 atom stereocenters. The molecule has 2 heteroatoms. The first-order chi connectivity index (χ1) is 28.0. The van der Waals surface area contributed by atoms with Gasteiger partial charge in [0.2, 0.25) is 0 Å². The zero-order valence-electron chi connectivity index (χ0n) is 31.9. The van der Waals surface area contributed by atoms with E-state index in [1.807, 2.05) is 0 Å². The maximum Gasteiger partial charge on any atom is 0.143 e. The normalized spacial score (nSPS) is 12.9. The summed E-state index contributed by atoms with van der Waals surface area (Å²) in [4.78, 5) is 2.41. The molecule has 1 aliphatic carbocycles. The van der Waals surface area contributed by atoms with Crippen LogP contribution < -0.4 is 4.90 Å². The van der Waals surface area contributed by atoms with E-state index in [0.717, 1.165) is 55.7 Å². The quantitative estimate of drug-likeness (QED) is 0.169. The van der Waals surface area contributed by atoms with Crippen molar-refractivity contribution in [2.75, 3.05) is 4.90 Å². The van der Waals surface area contributed by atoms with E-state index in [2.05, 4.69) is 219 Å². The molecular formula is C55H39NO. The SMILES string of the molecule is CC1(C)c2ccccc2-c2ccc(N(c3ccc(-c4cccc5ccc6oc7c(-c8ccccc8)cccc7c6c45)cc3)c3cccc(-c4ccccc4)c3)cc21. The minimum atomic E-state index is -0.109. The van der Waals surface area contributed by atoms with Gasteiger partial charge in [-0.05, 0) is 97.9 Å². The summed E-state index contributed by atoms with van der Waals surface area (Å²) in [6.07, 6.45) is 0. The minimum absolute atomic E-state index is 0.109. The highest BCUT2D eigenvalue weighted by Crippen LogP contribution is 2.51. The molecule has 0 N–H and O–H groups in total. The van der Waals surface area contributed by atoms with Crippen LogP contribution in [0.25, 0.3) is 77.2 Å². The Kier molecular flexibility index (Phi) is 7.55. The van der Waals surface area contributed by atoms with E-state index in [4.69, 9.17) is 4.42 Å². The number of benzene rings is 9. The van der Waals surface area contributed by atoms with Crippen LogP contribution >= 0.6 is 0 Å². The Bertz CT molecular complexity index is 3140. The predicted octanol–water partition coefficient (Wildman–Crippen LogP) is 15.5. The smallest absolute Gasteiger partial charge is 0.143 e. The van der Waals surface area contributed by atoms with Gasteiger partial charge in [0.05, 0.1) is 0 Å². The molecule has 2 nitrogen and oxygen atoms in total. The average molecular weight is 730 g/mol. The van der Waals surface area contributed by atoms with Crippen molar-refractivity contribution in [2.45, 2.75) is 19.3 Å². The molecule has 0 amide bonds. The summed E-state index contributed by atoms with van der Waals surface area (Å²) in [5, 5.41) is 4.69. The molecule has 1 aromatic heterocycles. The van der Waals surface area contributed by atoms with Crippen molar-refractivity contribution in [1.29, 1.82) is 0 Å². The Labute approximate surface area is 332 Å². The highest BCUT2D eigenvalue weighted by Gasteiger charge is 2.35. The van der Waals surface area contributed by atoms with Crippen LogP contribution in [-0.4, -0.2) is 0 Å². The Morgan fingerprint density at radius 3 is 1.82 bits per heavy atom. The van der Waals surface area contributed by atoms with Gasteiger partial charge in [-0.25, -0.2) is 0 Å². The van der Waals surface area contributed by atoms with Gasteiger partial charge in [0, 0.05) is 44.2 Å². The van der Waals surface area contributed by atoms with Gasteiger partial charge in [-0.3, -0.25) is 0 Å². The lowest BCUT2D eigenvalue weighted by atomic mass is 9.82. The van der Waals surface area contributed by atoms with Gasteiger partial charge in [0.1, 0.15) is 11.2 Å². The second-order valence-corrected chi connectivity index (χ2v) is 15.7. The van der Waals surface area contributed by atoms with Gasteiger partial charge in [0.25, 0.3) is 0 Å². The van der Waals surface area contributed by atoms with Crippen molar-refractivity contribution in [3.63, 3.8) is 0 Å². The molecule has 57 heavy (non-hydrogen) atoms. The fourth-order valence-corrected chi connectivity index (χ4v) is 9.28. The highest BCUT2D eigenvalue weighted by molar-refractivity contribution is 6.24. The molecule has 10 aromatic rings. The van der Waals surface area contributed by atoms with Crippen molar-refractivity contribution >= 4 is 49.8 Å². The molecule has 0 radical (unpaired) electrons. The molecule has 270 valence electrons. The number of anilines is 3. The molecule has 0 bridgehead atoms. The fraction of sp³-hybridized carbons (Fsp3) is 0.0545. The standard InChI is InChI=1S/C55H39NO/c1-55(2)49-25-10-9-21-46(49)47-32-31-43(35-50(47)55)56(42-20-11-19-40(34-42)36-14-5-3-6-15-36)41-29-26-38(27-30-41)44-22-12-18-39-28-33-51-53(52(39)44)48-24-13-23-45(54(48)57-51)37-16-7-4-8-17-37/h3-35H,1-2H3. The van der Waals surface area contributed by atoms with Gasteiger partial charge in [0.15, 0.2) is 0 Å². The molecule has 0 fully saturated rings. The molecule has 9 aromatic carbocycles. The van der Waals surface area contributed by atoms with E-state index < -0.39 is 0 Å². The van der Waals surface area contributed by atoms with Gasteiger partial charge < -0.3 is 9.32 Å². The number of nitrogens with zero attached hydrogens (tertiary/aromatic N) is 1. The molecule has 0 spiro atoms. The molecule has 0 saturated carbocycles. The number of furan rings is 1. The zero-order valence-corrected chi connectivity index (χ0v) is 31.9. The summed E-state index contributed by atoms with van der Waals surface area (Å²) < 4.78 is 6.69. The Morgan fingerprint density at radius 1 is 0.386 bits per heavy atom. The van der Waals surface area contributed by atoms with Crippen LogP contribution in [-0.2, 0) is 5.41 Å². The maximum absolute atomic E-state index is 6.69. The van der Waals surface area contributed by atoms with E-state index in [-0.39, 0.29) is 5.41 Å². The fourth-order valence-electron chi connectivity index (χ4n) is 9.28. The van der Waals surface area contributed by atoms with Crippen LogP contribution in [0.5, 0.6) is 0 Å². The summed E-state index contributed by atoms with van der Waals surface area (Å²) >= 11 is 0. The van der Waals surface area contributed by atoms with Crippen LogP contribution in [0.1, 0.15) is 25.0 Å². The van der Waals surface area contributed by atoms with Crippen LogP contribution in [0.2, 0.25) is 0 Å². The van der Waals surface area contributed by atoms with Crippen LogP contribution in [0.15, 0.2) is 205 Å². The zero-order chi connectivity index (χ0) is 38.1. The molecule has 0 unspecified atom stereocenters. The maximum atomic E-state index is 6.69. The van der Waals surface area contributed by atoms with Gasteiger partial charge in [-0.1, -0.05) is 172 Å². The van der Waals surface area contributed by atoms with E-state index in [0.29, 0.717) is 0 Å². The number of hydrogen-bond acceptors (Lipinski definition) is 2. The topological polar surface area (TPSA) is 16.4 Å². The molecule has 0 saturated heterocycles. The number of rotatable bonds is 6. The first kappa shape index (κ1) is 33.2. The van der Waals surface area contributed by atoms with E-state index in [1.54, 1.807) is 0 Å². The monoisotopic (exact) mass is 729 g/mol. The van der Waals surface area contributed by atoms with Crippen molar-refractivity contribution in [3.05, 3.63) is 211 Å². The minimum Gasteiger partial charge on any atom is -0.455 e. The summed E-state index contributed by atoms with van der Waals surface area (Å²) in [6.45, 7) is 4.70. The highest BCUT2D eigenvalue weighted by atomic mass is 16.3. The first-order valence-corrected chi connectivity index (χ1v) is 19.8. The number of fused-ring (bicyclic) bond motifs is 8.